The van der Waals surface area contributed by atoms with Crippen molar-refractivity contribution in [3.05, 3.63) is 21.4 Å². The molecule has 1 aromatic rings. The average molecular weight is 228 g/mol. The van der Waals surface area contributed by atoms with Crippen LogP contribution < -0.4 is 0 Å². The van der Waals surface area contributed by atoms with Gasteiger partial charge in [-0.2, -0.15) is 0 Å². The second-order valence-electron chi connectivity index (χ2n) is 3.02. The fraction of sp³-hybridized carbons (Fsp3) is 0.400. The highest BCUT2D eigenvalue weighted by Gasteiger charge is 2.17. The Balaban J connectivity index is 2.83. The molecule has 0 spiro atoms. The van der Waals surface area contributed by atoms with Crippen LogP contribution in [0.15, 0.2) is 6.07 Å². The minimum Gasteiger partial charge on any atom is -0.478 e. The summed E-state index contributed by atoms with van der Waals surface area (Å²) in [6.45, 7) is 3.93. The molecule has 0 radical (unpaired) electrons. The maximum absolute atomic E-state index is 11.4. The lowest BCUT2D eigenvalue weighted by molar-refractivity contribution is 0.0511. The van der Waals surface area contributed by atoms with Gasteiger partial charge in [0, 0.05) is 4.88 Å². The topological polar surface area (TPSA) is 63.6 Å². The number of carboxylic acids is 1. The predicted molar refractivity (Wildman–Crippen MR) is 56.6 cm³/mol. The molecule has 0 saturated carbocycles. The van der Waals surface area contributed by atoms with Gasteiger partial charge in [-0.05, 0) is 19.4 Å². The normalized spacial score (nSPS) is 10.0. The number of hydrogen-bond acceptors (Lipinski definition) is 4. The summed E-state index contributed by atoms with van der Waals surface area (Å²) in [5.74, 6) is -1.46. The van der Waals surface area contributed by atoms with E-state index in [0.29, 0.717) is 16.4 Å². The van der Waals surface area contributed by atoms with Crippen LogP contribution in [-0.2, 0) is 4.74 Å². The summed E-state index contributed by atoms with van der Waals surface area (Å²) in [5, 5.41) is 8.79. The van der Waals surface area contributed by atoms with Crippen LogP contribution >= 0.6 is 11.3 Å². The van der Waals surface area contributed by atoms with Crippen LogP contribution in [0.2, 0.25) is 0 Å². The van der Waals surface area contributed by atoms with Crippen LogP contribution in [0.3, 0.4) is 0 Å². The summed E-state index contributed by atoms with van der Waals surface area (Å²) in [6, 6.07) is 1.36. The molecule has 82 valence electrons. The first kappa shape index (κ1) is 11.7. The molecule has 0 saturated heterocycles. The van der Waals surface area contributed by atoms with E-state index in [0.717, 1.165) is 17.8 Å². The van der Waals surface area contributed by atoms with Crippen molar-refractivity contribution in [2.45, 2.75) is 20.3 Å². The second kappa shape index (κ2) is 4.93. The van der Waals surface area contributed by atoms with Gasteiger partial charge in [0.15, 0.2) is 0 Å². The van der Waals surface area contributed by atoms with Crippen LogP contribution in [0, 0.1) is 6.92 Å². The van der Waals surface area contributed by atoms with E-state index < -0.39 is 11.9 Å². The highest BCUT2D eigenvalue weighted by Crippen LogP contribution is 2.22. The molecule has 15 heavy (non-hydrogen) atoms. The van der Waals surface area contributed by atoms with E-state index >= 15 is 0 Å². The summed E-state index contributed by atoms with van der Waals surface area (Å²) < 4.78 is 4.90. The third-order valence-corrected chi connectivity index (χ3v) is 2.82. The zero-order valence-electron chi connectivity index (χ0n) is 8.57. The summed E-state index contributed by atoms with van der Waals surface area (Å²) >= 11 is 1.15. The lowest BCUT2D eigenvalue weighted by Gasteiger charge is -1.98. The fourth-order valence-electron chi connectivity index (χ4n) is 1.06. The molecule has 4 nitrogen and oxygen atoms in total. The Morgan fingerprint density at radius 2 is 2.20 bits per heavy atom. The number of carbonyl (C=O) groups excluding carboxylic acids is 1. The third kappa shape index (κ3) is 2.79. The van der Waals surface area contributed by atoms with E-state index in [-0.39, 0.29) is 5.56 Å². The summed E-state index contributed by atoms with van der Waals surface area (Å²) in [4.78, 5) is 23.1. The molecular formula is C10H12O4S. The van der Waals surface area contributed by atoms with Crippen molar-refractivity contribution < 1.29 is 19.4 Å². The van der Waals surface area contributed by atoms with Gasteiger partial charge < -0.3 is 9.84 Å². The molecule has 0 bridgehead atoms. The number of aryl methyl sites for hydroxylation is 1. The van der Waals surface area contributed by atoms with Crippen molar-refractivity contribution in [1.82, 2.24) is 0 Å². The zero-order valence-corrected chi connectivity index (χ0v) is 9.39. The van der Waals surface area contributed by atoms with Gasteiger partial charge in [-0.15, -0.1) is 11.3 Å². The Bertz CT molecular complexity index is 381. The molecule has 0 amide bonds. The second-order valence-corrected chi connectivity index (χ2v) is 4.28. The van der Waals surface area contributed by atoms with Crippen LogP contribution in [0.5, 0.6) is 0 Å². The first-order valence-corrected chi connectivity index (χ1v) is 5.38. The quantitative estimate of drug-likeness (QED) is 0.803. The number of rotatable bonds is 4. The number of ether oxygens (including phenoxy) is 1. The molecule has 0 aliphatic carbocycles. The van der Waals surface area contributed by atoms with Crippen molar-refractivity contribution in [3.63, 3.8) is 0 Å². The van der Waals surface area contributed by atoms with E-state index in [4.69, 9.17) is 9.84 Å². The number of carboxylic acid groups (broad SMARTS) is 1. The molecule has 0 unspecified atom stereocenters. The monoisotopic (exact) mass is 228 g/mol. The van der Waals surface area contributed by atoms with E-state index in [1.807, 2.05) is 6.92 Å². The first-order valence-electron chi connectivity index (χ1n) is 4.57. The minimum absolute atomic E-state index is 0.170. The summed E-state index contributed by atoms with van der Waals surface area (Å²) in [7, 11) is 0. The zero-order chi connectivity index (χ0) is 11.4. The van der Waals surface area contributed by atoms with Crippen molar-refractivity contribution in [2.24, 2.45) is 0 Å². The molecule has 0 fully saturated rings. The van der Waals surface area contributed by atoms with Gasteiger partial charge in [0.1, 0.15) is 4.88 Å². The Kier molecular flexibility index (Phi) is 3.85. The maximum atomic E-state index is 11.4. The molecule has 0 aliphatic rings. The van der Waals surface area contributed by atoms with Gasteiger partial charge in [-0.25, -0.2) is 9.59 Å². The first-order chi connectivity index (χ1) is 7.06. The minimum atomic E-state index is -1.02. The Labute approximate surface area is 91.5 Å². The molecule has 0 aliphatic heterocycles. The lowest BCUT2D eigenvalue weighted by Crippen LogP contribution is -2.03. The lowest BCUT2D eigenvalue weighted by atomic mass is 10.2. The van der Waals surface area contributed by atoms with Gasteiger partial charge in [-0.1, -0.05) is 6.92 Å². The SMILES string of the molecule is CCCOC(=O)c1cc(C(=O)O)c(C)s1. The molecule has 1 N–H and O–H groups in total. The van der Waals surface area contributed by atoms with Crippen molar-refractivity contribution in [2.75, 3.05) is 6.61 Å². The third-order valence-electron chi connectivity index (χ3n) is 1.79. The molecule has 5 heteroatoms. The molecule has 1 rings (SSSR count). The van der Waals surface area contributed by atoms with E-state index in [1.54, 1.807) is 6.92 Å². The van der Waals surface area contributed by atoms with Crippen molar-refractivity contribution in [1.29, 1.82) is 0 Å². The summed E-state index contributed by atoms with van der Waals surface area (Å²) in [5.41, 5.74) is 0.170. The number of thiophene rings is 1. The largest absolute Gasteiger partial charge is 0.478 e. The maximum Gasteiger partial charge on any atom is 0.348 e. The van der Waals surface area contributed by atoms with Gasteiger partial charge in [-0.3, -0.25) is 0 Å². The smallest absolute Gasteiger partial charge is 0.348 e. The predicted octanol–water partition coefficient (Wildman–Crippen LogP) is 2.32. The number of aromatic carboxylic acids is 1. The average Bonchev–Trinajstić information content (AvgIpc) is 2.56. The van der Waals surface area contributed by atoms with Gasteiger partial charge in [0.05, 0.1) is 12.2 Å². The fourth-order valence-corrected chi connectivity index (χ4v) is 1.97. The Morgan fingerprint density at radius 3 is 2.67 bits per heavy atom. The Morgan fingerprint density at radius 1 is 1.53 bits per heavy atom. The number of esters is 1. The summed E-state index contributed by atoms with van der Waals surface area (Å²) in [6.07, 6.45) is 0.752. The van der Waals surface area contributed by atoms with Crippen LogP contribution in [-0.4, -0.2) is 23.7 Å². The number of carbonyl (C=O) groups is 2. The van der Waals surface area contributed by atoms with Gasteiger partial charge in [0.2, 0.25) is 0 Å². The molecule has 1 aromatic heterocycles. The van der Waals surface area contributed by atoms with Gasteiger partial charge >= 0.3 is 11.9 Å². The van der Waals surface area contributed by atoms with E-state index in [9.17, 15) is 9.59 Å². The van der Waals surface area contributed by atoms with E-state index in [1.165, 1.54) is 6.07 Å². The van der Waals surface area contributed by atoms with Crippen LogP contribution in [0.4, 0.5) is 0 Å². The number of hydrogen-bond donors (Lipinski definition) is 1. The molecule has 0 aromatic carbocycles. The van der Waals surface area contributed by atoms with Crippen LogP contribution in [0.25, 0.3) is 0 Å². The molecular weight excluding hydrogens is 216 g/mol. The highest BCUT2D eigenvalue weighted by atomic mass is 32.1. The van der Waals surface area contributed by atoms with Gasteiger partial charge in [0.25, 0.3) is 0 Å². The highest BCUT2D eigenvalue weighted by molar-refractivity contribution is 7.14. The van der Waals surface area contributed by atoms with Crippen LogP contribution in [0.1, 0.15) is 38.3 Å². The van der Waals surface area contributed by atoms with Crippen molar-refractivity contribution in [3.8, 4) is 0 Å². The molecule has 1 heterocycles. The van der Waals surface area contributed by atoms with Crippen molar-refractivity contribution >= 4 is 23.3 Å². The van der Waals surface area contributed by atoms with E-state index in [2.05, 4.69) is 0 Å². The Hall–Kier alpha value is -1.36. The molecule has 0 atom stereocenters. The standard InChI is InChI=1S/C10H12O4S/c1-3-4-14-10(13)8-5-7(9(11)12)6(2)15-8/h5H,3-4H2,1-2H3,(H,11,12).